The summed E-state index contributed by atoms with van der Waals surface area (Å²) in [5.74, 6) is 2.34. The summed E-state index contributed by atoms with van der Waals surface area (Å²) in [4.78, 5) is 10.1. The predicted molar refractivity (Wildman–Crippen MR) is 131 cm³/mol. The van der Waals surface area contributed by atoms with E-state index in [1.165, 1.54) is 54.3 Å². The van der Waals surface area contributed by atoms with Crippen LogP contribution in [0.1, 0.15) is 68.9 Å². The van der Waals surface area contributed by atoms with Crippen molar-refractivity contribution in [1.82, 2.24) is 4.57 Å². The van der Waals surface area contributed by atoms with Gasteiger partial charge in [-0.1, -0.05) is 50.8 Å². The summed E-state index contributed by atoms with van der Waals surface area (Å²) in [5, 5.41) is 1.36. The standard InChI is InChI=1S/C28H35NO4/c1-3-4-16-31-25-12-8-11-23-27-26(21-9-6-5-7-10-21)22-14-13-20(19-33-30-2)18-24(22)29(27)15-17-32-28(23)25/h8,11-14,18,21H,3-7,9-10,15-17,19H2,1-2H3. The monoisotopic (exact) mass is 449 g/mol. The lowest BCUT2D eigenvalue weighted by molar-refractivity contribution is -0.282. The molecule has 0 radical (unpaired) electrons. The van der Waals surface area contributed by atoms with E-state index in [2.05, 4.69) is 41.8 Å². The van der Waals surface area contributed by atoms with Gasteiger partial charge in [0.1, 0.15) is 13.2 Å². The highest BCUT2D eigenvalue weighted by molar-refractivity contribution is 5.94. The Hall–Kier alpha value is -2.50. The van der Waals surface area contributed by atoms with Crippen molar-refractivity contribution in [3.05, 3.63) is 47.5 Å². The molecule has 1 aromatic heterocycles. The fourth-order valence-corrected chi connectivity index (χ4v) is 5.50. The van der Waals surface area contributed by atoms with Crippen molar-refractivity contribution in [2.45, 2.75) is 70.9 Å². The molecule has 5 nitrogen and oxygen atoms in total. The van der Waals surface area contributed by atoms with Gasteiger partial charge in [-0.25, -0.2) is 9.78 Å². The van der Waals surface area contributed by atoms with Crippen LogP contribution in [0.5, 0.6) is 11.5 Å². The number of unbranched alkanes of at least 4 members (excludes halogenated alkanes) is 1. The van der Waals surface area contributed by atoms with E-state index < -0.39 is 0 Å². The average molecular weight is 450 g/mol. The van der Waals surface area contributed by atoms with Gasteiger partial charge in [-0.05, 0) is 54.5 Å². The van der Waals surface area contributed by atoms with Crippen molar-refractivity contribution >= 4 is 10.9 Å². The Morgan fingerprint density at radius 3 is 2.79 bits per heavy atom. The lowest BCUT2D eigenvalue weighted by atomic mass is 9.81. The molecule has 2 aromatic carbocycles. The first-order chi connectivity index (χ1) is 16.3. The molecule has 0 saturated heterocycles. The van der Waals surface area contributed by atoms with Crippen LogP contribution in [0, 0.1) is 0 Å². The number of benzene rings is 2. The molecule has 1 aliphatic heterocycles. The number of fused-ring (bicyclic) bond motifs is 5. The number of para-hydroxylation sites is 1. The molecule has 176 valence electrons. The SMILES string of the molecule is CCCCOc1cccc2c1OCCn1c-2c(C2CCCCC2)c2ccc(COOC)cc21. The zero-order valence-electron chi connectivity index (χ0n) is 19.9. The zero-order chi connectivity index (χ0) is 22.6. The molecule has 2 heterocycles. The Balaban J connectivity index is 1.68. The van der Waals surface area contributed by atoms with Crippen LogP contribution in [-0.4, -0.2) is 24.9 Å². The van der Waals surface area contributed by atoms with Crippen LogP contribution < -0.4 is 9.47 Å². The van der Waals surface area contributed by atoms with E-state index in [0.717, 1.165) is 48.6 Å². The molecule has 2 aliphatic rings. The molecule has 0 amide bonds. The summed E-state index contributed by atoms with van der Waals surface area (Å²) in [6.07, 6.45) is 8.62. The van der Waals surface area contributed by atoms with Gasteiger partial charge < -0.3 is 14.0 Å². The number of rotatable bonds is 8. The van der Waals surface area contributed by atoms with Crippen molar-refractivity contribution in [2.75, 3.05) is 20.3 Å². The smallest absolute Gasteiger partial charge is 0.170 e. The van der Waals surface area contributed by atoms with Gasteiger partial charge in [-0.3, -0.25) is 0 Å². The summed E-state index contributed by atoms with van der Waals surface area (Å²) in [6.45, 7) is 4.79. The fourth-order valence-electron chi connectivity index (χ4n) is 5.50. The van der Waals surface area contributed by atoms with E-state index >= 15 is 0 Å². The molecule has 0 unspecified atom stereocenters. The van der Waals surface area contributed by atoms with Gasteiger partial charge in [0.05, 0.1) is 26.0 Å². The zero-order valence-corrected chi connectivity index (χ0v) is 19.9. The van der Waals surface area contributed by atoms with Gasteiger partial charge in [-0.2, -0.15) is 0 Å². The highest BCUT2D eigenvalue weighted by Gasteiger charge is 2.30. The van der Waals surface area contributed by atoms with Crippen molar-refractivity contribution in [1.29, 1.82) is 0 Å². The van der Waals surface area contributed by atoms with Crippen LogP contribution >= 0.6 is 0 Å². The summed E-state index contributed by atoms with van der Waals surface area (Å²) < 4.78 is 15.0. The molecule has 1 fully saturated rings. The highest BCUT2D eigenvalue weighted by atomic mass is 17.2. The Morgan fingerprint density at radius 1 is 1.09 bits per heavy atom. The molecule has 5 heteroatoms. The van der Waals surface area contributed by atoms with Gasteiger partial charge in [0.25, 0.3) is 0 Å². The van der Waals surface area contributed by atoms with E-state index in [1.54, 1.807) is 7.11 Å². The summed E-state index contributed by atoms with van der Waals surface area (Å²) >= 11 is 0. The third-order valence-electron chi connectivity index (χ3n) is 7.08. The molecule has 33 heavy (non-hydrogen) atoms. The van der Waals surface area contributed by atoms with Crippen LogP contribution in [0.25, 0.3) is 22.2 Å². The number of hydrogen-bond acceptors (Lipinski definition) is 4. The number of aromatic nitrogens is 1. The maximum absolute atomic E-state index is 6.35. The second kappa shape index (κ2) is 10.2. The summed E-state index contributed by atoms with van der Waals surface area (Å²) in [7, 11) is 1.55. The van der Waals surface area contributed by atoms with Gasteiger partial charge in [0.15, 0.2) is 11.5 Å². The van der Waals surface area contributed by atoms with Gasteiger partial charge >= 0.3 is 0 Å². The Bertz CT molecular complexity index is 1100. The number of ether oxygens (including phenoxy) is 2. The molecular formula is C28H35NO4. The van der Waals surface area contributed by atoms with Gasteiger partial charge in [0, 0.05) is 16.5 Å². The normalized spacial score (nSPS) is 16.2. The van der Waals surface area contributed by atoms with E-state index in [4.69, 9.17) is 19.2 Å². The minimum absolute atomic E-state index is 0.439. The highest BCUT2D eigenvalue weighted by Crippen LogP contribution is 2.49. The van der Waals surface area contributed by atoms with Crippen LogP contribution in [0.2, 0.25) is 0 Å². The lowest BCUT2D eigenvalue weighted by Crippen LogP contribution is -2.07. The third-order valence-corrected chi connectivity index (χ3v) is 7.08. The van der Waals surface area contributed by atoms with Gasteiger partial charge in [-0.15, -0.1) is 0 Å². The molecule has 0 bridgehead atoms. The maximum atomic E-state index is 6.35. The van der Waals surface area contributed by atoms with Crippen LogP contribution in [0.4, 0.5) is 0 Å². The molecule has 1 saturated carbocycles. The molecule has 3 aromatic rings. The molecule has 1 aliphatic carbocycles. The Morgan fingerprint density at radius 2 is 1.97 bits per heavy atom. The van der Waals surface area contributed by atoms with E-state index in [1.807, 2.05) is 6.07 Å². The third kappa shape index (κ3) is 4.36. The first-order valence-electron chi connectivity index (χ1n) is 12.5. The van der Waals surface area contributed by atoms with Crippen LogP contribution in [-0.2, 0) is 22.9 Å². The molecule has 0 N–H and O–H groups in total. The number of nitrogens with zero attached hydrogens (tertiary/aromatic N) is 1. The molecule has 5 rings (SSSR count). The second-order valence-electron chi connectivity index (χ2n) is 9.21. The molecule has 0 atom stereocenters. The summed E-state index contributed by atoms with van der Waals surface area (Å²) in [5.41, 5.74) is 6.34. The van der Waals surface area contributed by atoms with E-state index in [9.17, 15) is 0 Å². The maximum Gasteiger partial charge on any atom is 0.170 e. The molecule has 0 spiro atoms. The van der Waals surface area contributed by atoms with Crippen LogP contribution in [0.3, 0.4) is 0 Å². The topological polar surface area (TPSA) is 41.9 Å². The fraction of sp³-hybridized carbons (Fsp3) is 0.500. The van der Waals surface area contributed by atoms with E-state index in [0.29, 0.717) is 19.1 Å². The summed E-state index contributed by atoms with van der Waals surface area (Å²) in [6, 6.07) is 13.1. The minimum Gasteiger partial charge on any atom is -0.490 e. The van der Waals surface area contributed by atoms with Crippen molar-refractivity contribution in [3.63, 3.8) is 0 Å². The van der Waals surface area contributed by atoms with Crippen LogP contribution in [0.15, 0.2) is 36.4 Å². The largest absolute Gasteiger partial charge is 0.490 e. The lowest BCUT2D eigenvalue weighted by Gasteiger charge is -2.24. The predicted octanol–water partition coefficient (Wildman–Crippen LogP) is 7.01. The first-order valence-corrected chi connectivity index (χ1v) is 12.5. The Kier molecular flexibility index (Phi) is 6.88. The first kappa shape index (κ1) is 22.3. The number of hydrogen-bond donors (Lipinski definition) is 0. The Labute approximate surface area is 196 Å². The van der Waals surface area contributed by atoms with Crippen molar-refractivity contribution in [2.24, 2.45) is 0 Å². The second-order valence-corrected chi connectivity index (χ2v) is 9.21. The van der Waals surface area contributed by atoms with Gasteiger partial charge in [0.2, 0.25) is 0 Å². The molecular weight excluding hydrogens is 414 g/mol. The minimum atomic E-state index is 0.439. The van der Waals surface area contributed by atoms with Crippen molar-refractivity contribution in [3.8, 4) is 22.8 Å². The van der Waals surface area contributed by atoms with Crippen molar-refractivity contribution < 1.29 is 19.2 Å². The van der Waals surface area contributed by atoms with E-state index in [-0.39, 0.29) is 0 Å². The average Bonchev–Trinajstić information content (AvgIpc) is 3.04. The quantitative estimate of drug-likeness (QED) is 0.211.